The molecule has 0 bridgehead atoms. The van der Waals surface area contributed by atoms with Gasteiger partial charge in [0.05, 0.1) is 0 Å². The maximum atomic E-state index is 13.3. The van der Waals surface area contributed by atoms with Crippen LogP contribution in [-0.4, -0.2) is 19.7 Å². The standard InChI is InChI=1S/C13H18FNO/c1-9-3-6-11(7-12(9)14)16-8-13(15-2)10-4-5-10/h3,6-7,10,13,15H,4-5,8H2,1-2H3. The second-order valence-corrected chi connectivity index (χ2v) is 4.45. The van der Waals surface area contributed by atoms with E-state index >= 15 is 0 Å². The summed E-state index contributed by atoms with van der Waals surface area (Å²) in [5.74, 6) is 1.15. The molecule has 1 fully saturated rings. The van der Waals surface area contributed by atoms with E-state index in [9.17, 15) is 4.39 Å². The quantitative estimate of drug-likeness (QED) is 0.828. The van der Waals surface area contributed by atoms with Crippen molar-refractivity contribution in [3.05, 3.63) is 29.6 Å². The van der Waals surface area contributed by atoms with Gasteiger partial charge in [-0.15, -0.1) is 0 Å². The third-order valence-corrected chi connectivity index (χ3v) is 3.13. The third kappa shape index (κ3) is 2.73. The Bertz CT molecular complexity index is 363. The van der Waals surface area contributed by atoms with Crippen molar-refractivity contribution in [2.24, 2.45) is 5.92 Å². The van der Waals surface area contributed by atoms with Gasteiger partial charge in [-0.2, -0.15) is 0 Å². The van der Waals surface area contributed by atoms with Crippen LogP contribution in [0.15, 0.2) is 18.2 Å². The van der Waals surface area contributed by atoms with E-state index in [0.717, 1.165) is 5.92 Å². The van der Waals surface area contributed by atoms with Crippen LogP contribution >= 0.6 is 0 Å². The van der Waals surface area contributed by atoms with Crippen LogP contribution in [0, 0.1) is 18.7 Å². The number of rotatable bonds is 5. The summed E-state index contributed by atoms with van der Waals surface area (Å²) in [6, 6.07) is 5.41. The minimum Gasteiger partial charge on any atom is -0.492 e. The average Bonchev–Trinajstić information content (AvgIpc) is 3.08. The first-order valence-electron chi connectivity index (χ1n) is 5.77. The molecule has 16 heavy (non-hydrogen) atoms. The Kier molecular flexibility index (Phi) is 3.44. The average molecular weight is 223 g/mol. The van der Waals surface area contributed by atoms with E-state index < -0.39 is 0 Å². The van der Waals surface area contributed by atoms with Gasteiger partial charge in [0.2, 0.25) is 0 Å². The van der Waals surface area contributed by atoms with Crippen LogP contribution in [0.3, 0.4) is 0 Å². The van der Waals surface area contributed by atoms with E-state index in [-0.39, 0.29) is 5.82 Å². The van der Waals surface area contributed by atoms with Crippen LogP contribution < -0.4 is 10.1 Å². The molecular weight excluding hydrogens is 205 g/mol. The molecular formula is C13H18FNO. The minimum absolute atomic E-state index is 0.204. The summed E-state index contributed by atoms with van der Waals surface area (Å²) in [5, 5.41) is 3.24. The molecule has 0 heterocycles. The smallest absolute Gasteiger partial charge is 0.129 e. The molecule has 1 aliphatic rings. The maximum absolute atomic E-state index is 13.3. The monoisotopic (exact) mass is 223 g/mol. The maximum Gasteiger partial charge on any atom is 0.129 e. The van der Waals surface area contributed by atoms with E-state index in [4.69, 9.17) is 4.74 Å². The summed E-state index contributed by atoms with van der Waals surface area (Å²) >= 11 is 0. The minimum atomic E-state index is -0.204. The number of aryl methyl sites for hydroxylation is 1. The molecule has 2 nitrogen and oxygen atoms in total. The lowest BCUT2D eigenvalue weighted by atomic mass is 10.2. The number of hydrogen-bond donors (Lipinski definition) is 1. The van der Waals surface area contributed by atoms with Crippen molar-refractivity contribution in [3.63, 3.8) is 0 Å². The summed E-state index contributed by atoms with van der Waals surface area (Å²) in [7, 11) is 1.95. The van der Waals surface area contributed by atoms with E-state index in [1.807, 2.05) is 13.1 Å². The highest BCUT2D eigenvalue weighted by Gasteiger charge is 2.30. The largest absolute Gasteiger partial charge is 0.492 e. The van der Waals surface area contributed by atoms with Gasteiger partial charge >= 0.3 is 0 Å². The van der Waals surface area contributed by atoms with Gasteiger partial charge in [0.15, 0.2) is 0 Å². The van der Waals surface area contributed by atoms with Gasteiger partial charge in [-0.25, -0.2) is 4.39 Å². The number of likely N-dealkylation sites (N-methyl/N-ethyl adjacent to an activating group) is 1. The van der Waals surface area contributed by atoms with Crippen molar-refractivity contribution >= 4 is 0 Å². The zero-order chi connectivity index (χ0) is 11.5. The Morgan fingerprint density at radius 2 is 2.25 bits per heavy atom. The lowest BCUT2D eigenvalue weighted by Gasteiger charge is -2.16. The molecule has 1 N–H and O–H groups in total. The van der Waals surface area contributed by atoms with Crippen molar-refractivity contribution in [1.82, 2.24) is 5.32 Å². The van der Waals surface area contributed by atoms with Crippen LogP contribution in [0.1, 0.15) is 18.4 Å². The highest BCUT2D eigenvalue weighted by Crippen LogP contribution is 2.32. The Hall–Kier alpha value is -1.09. The molecule has 1 atom stereocenters. The van der Waals surface area contributed by atoms with Crippen molar-refractivity contribution in [2.45, 2.75) is 25.8 Å². The highest BCUT2D eigenvalue weighted by atomic mass is 19.1. The van der Waals surface area contributed by atoms with Gasteiger partial charge in [0.1, 0.15) is 18.2 Å². The Labute approximate surface area is 95.8 Å². The van der Waals surface area contributed by atoms with Gasteiger partial charge in [-0.1, -0.05) is 6.07 Å². The van der Waals surface area contributed by atoms with E-state index in [1.54, 1.807) is 13.0 Å². The number of halogens is 1. The van der Waals surface area contributed by atoms with Crippen molar-refractivity contribution in [1.29, 1.82) is 0 Å². The molecule has 1 aromatic rings. The normalized spacial score (nSPS) is 17.2. The fourth-order valence-electron chi connectivity index (χ4n) is 1.80. The Balaban J connectivity index is 1.90. The van der Waals surface area contributed by atoms with Crippen LogP contribution in [0.4, 0.5) is 4.39 Å². The molecule has 1 aromatic carbocycles. The Morgan fingerprint density at radius 1 is 1.50 bits per heavy atom. The van der Waals surface area contributed by atoms with Gasteiger partial charge in [-0.05, 0) is 44.4 Å². The molecule has 0 aliphatic heterocycles. The SMILES string of the molecule is CNC(COc1ccc(C)c(F)c1)C1CC1. The van der Waals surface area contributed by atoms with Crippen molar-refractivity contribution in [3.8, 4) is 5.75 Å². The Morgan fingerprint density at radius 3 is 2.81 bits per heavy atom. The predicted octanol–water partition coefficient (Wildman–Crippen LogP) is 2.51. The summed E-state index contributed by atoms with van der Waals surface area (Å²) in [5.41, 5.74) is 0.653. The molecule has 0 amide bonds. The van der Waals surface area contributed by atoms with Gasteiger partial charge in [0.25, 0.3) is 0 Å². The lowest BCUT2D eigenvalue weighted by molar-refractivity contribution is 0.255. The summed E-state index contributed by atoms with van der Waals surface area (Å²) in [4.78, 5) is 0. The molecule has 1 aliphatic carbocycles. The molecule has 1 unspecified atom stereocenters. The van der Waals surface area contributed by atoms with Crippen molar-refractivity contribution in [2.75, 3.05) is 13.7 Å². The predicted molar refractivity (Wildman–Crippen MR) is 62.2 cm³/mol. The molecule has 0 radical (unpaired) electrons. The zero-order valence-electron chi connectivity index (χ0n) is 9.79. The molecule has 3 heteroatoms. The number of ether oxygens (including phenoxy) is 1. The number of benzene rings is 1. The fourth-order valence-corrected chi connectivity index (χ4v) is 1.80. The summed E-state index contributed by atoms with van der Waals surface area (Å²) in [6.45, 7) is 2.36. The number of nitrogens with one attached hydrogen (secondary N) is 1. The van der Waals surface area contributed by atoms with Crippen molar-refractivity contribution < 1.29 is 9.13 Å². The van der Waals surface area contributed by atoms with Crippen LogP contribution in [0.5, 0.6) is 5.75 Å². The molecule has 2 rings (SSSR count). The van der Waals surface area contributed by atoms with Gasteiger partial charge in [-0.3, -0.25) is 0 Å². The first-order valence-corrected chi connectivity index (χ1v) is 5.77. The summed E-state index contributed by atoms with van der Waals surface area (Å²) in [6.07, 6.45) is 2.55. The molecule has 0 aromatic heterocycles. The second-order valence-electron chi connectivity index (χ2n) is 4.45. The van der Waals surface area contributed by atoms with Crippen LogP contribution in [-0.2, 0) is 0 Å². The van der Waals surface area contributed by atoms with Gasteiger partial charge in [0, 0.05) is 12.1 Å². The first kappa shape index (κ1) is 11.4. The molecule has 0 saturated heterocycles. The first-order chi connectivity index (χ1) is 7.70. The third-order valence-electron chi connectivity index (χ3n) is 3.13. The number of hydrogen-bond acceptors (Lipinski definition) is 2. The van der Waals surface area contributed by atoms with E-state index in [2.05, 4.69) is 5.32 Å². The fraction of sp³-hybridized carbons (Fsp3) is 0.538. The topological polar surface area (TPSA) is 21.3 Å². The molecule has 1 saturated carbocycles. The highest BCUT2D eigenvalue weighted by molar-refractivity contribution is 5.28. The van der Waals surface area contributed by atoms with E-state index in [1.165, 1.54) is 18.9 Å². The van der Waals surface area contributed by atoms with E-state index in [0.29, 0.717) is 24.0 Å². The second kappa shape index (κ2) is 4.83. The zero-order valence-corrected chi connectivity index (χ0v) is 9.79. The van der Waals surface area contributed by atoms with Gasteiger partial charge < -0.3 is 10.1 Å². The van der Waals surface area contributed by atoms with Crippen LogP contribution in [0.25, 0.3) is 0 Å². The van der Waals surface area contributed by atoms with Crippen LogP contribution in [0.2, 0.25) is 0 Å². The molecule has 0 spiro atoms. The molecule has 88 valence electrons. The summed E-state index contributed by atoms with van der Waals surface area (Å²) < 4.78 is 18.9. The lowest BCUT2D eigenvalue weighted by Crippen LogP contribution is -2.33.